The van der Waals surface area contributed by atoms with Crippen molar-refractivity contribution in [1.29, 1.82) is 0 Å². The van der Waals surface area contributed by atoms with Gasteiger partial charge in [-0.15, -0.1) is 0 Å². The largest absolute Gasteiger partial charge is 0.327 e. The van der Waals surface area contributed by atoms with Crippen LogP contribution in [-0.2, 0) is 14.1 Å². The number of amides is 2. The van der Waals surface area contributed by atoms with Crippen molar-refractivity contribution < 1.29 is 28.3 Å². The fourth-order valence-electron chi connectivity index (χ4n) is 5.17. The smallest absolute Gasteiger partial charge is 0.287 e. The van der Waals surface area contributed by atoms with Crippen LogP contribution in [0, 0.1) is 0 Å². The number of aryl methyl sites for hydroxylation is 2. The van der Waals surface area contributed by atoms with Crippen molar-refractivity contribution in [3.05, 3.63) is 125 Å². The number of Topliss-reactive ketones (excluding diaryl/α,β-unsaturated/α-hetero) is 2. The molecular weight excluding hydrogens is 800 g/mol. The summed E-state index contributed by atoms with van der Waals surface area (Å²) in [4.78, 5) is 59.8. The van der Waals surface area contributed by atoms with E-state index in [1.165, 1.54) is 9.80 Å². The average molecular weight is 818 g/mol. The minimum Gasteiger partial charge on any atom is -0.287 e. The Labute approximate surface area is 273 Å². The van der Waals surface area contributed by atoms with Gasteiger partial charge in [0.15, 0.2) is 12.4 Å². The van der Waals surface area contributed by atoms with E-state index in [4.69, 9.17) is 0 Å². The lowest BCUT2D eigenvalue weighted by atomic mass is 10.1. The first kappa shape index (κ1) is 28.8. The third kappa shape index (κ3) is 4.43. The molecule has 0 bridgehead atoms. The second kappa shape index (κ2) is 10.7. The summed E-state index contributed by atoms with van der Waals surface area (Å²) < 4.78 is 5.38. The molecule has 2 aliphatic heterocycles. The van der Waals surface area contributed by atoms with E-state index in [0.717, 1.165) is 0 Å². The van der Waals surface area contributed by atoms with Crippen molar-refractivity contribution in [2.45, 2.75) is 0 Å². The molecule has 8 nitrogen and oxygen atoms in total. The summed E-state index contributed by atoms with van der Waals surface area (Å²) >= 11 is 13.9. The van der Waals surface area contributed by atoms with Gasteiger partial charge in [0.2, 0.25) is 11.6 Å². The molecule has 6 rings (SSSR count). The first-order valence-corrected chi connectivity index (χ1v) is 15.6. The maximum atomic E-state index is 14.3. The quantitative estimate of drug-likeness (QED) is 0.184. The first-order valence-electron chi connectivity index (χ1n) is 12.4. The molecule has 12 heteroatoms. The van der Waals surface area contributed by atoms with Crippen LogP contribution < -0.4 is 18.9 Å². The number of anilines is 2. The van der Waals surface area contributed by atoms with Crippen molar-refractivity contribution in [3.63, 3.8) is 0 Å². The van der Waals surface area contributed by atoms with Crippen molar-refractivity contribution in [2.75, 3.05) is 9.80 Å². The standard InChI is InChI=1S/C30H18Br4N4O4/c1-35-9-5-3-7-21(35)29(41)37-23-17(11-15(31)13-19(23)33)27(39)25(37)26-28(40)18-12-16(32)14-20(34)24(18)38(26)30(42)22-8-4-6-10-36(22)2/h3-14H,1-2H3/q+2/b26-25+. The maximum absolute atomic E-state index is 14.3. The van der Waals surface area contributed by atoms with Crippen LogP contribution in [0.2, 0.25) is 0 Å². The predicted molar refractivity (Wildman–Crippen MR) is 168 cm³/mol. The zero-order chi connectivity index (χ0) is 30.0. The van der Waals surface area contributed by atoms with Gasteiger partial charge in [0.25, 0.3) is 11.4 Å². The highest BCUT2D eigenvalue weighted by Crippen LogP contribution is 2.49. The van der Waals surface area contributed by atoms with Gasteiger partial charge in [-0.05, 0) is 68.3 Å². The summed E-state index contributed by atoms with van der Waals surface area (Å²) in [6, 6.07) is 16.9. The number of benzene rings is 2. The number of carbonyl (C=O) groups is 4. The van der Waals surface area contributed by atoms with Crippen LogP contribution >= 0.6 is 63.7 Å². The van der Waals surface area contributed by atoms with Crippen LogP contribution in [0.4, 0.5) is 11.4 Å². The molecule has 0 N–H and O–H groups in total. The van der Waals surface area contributed by atoms with Crippen LogP contribution in [0.5, 0.6) is 0 Å². The number of ketones is 2. The lowest BCUT2D eigenvalue weighted by Gasteiger charge is -2.24. The molecule has 0 atom stereocenters. The van der Waals surface area contributed by atoms with E-state index < -0.39 is 23.4 Å². The van der Waals surface area contributed by atoms with E-state index >= 15 is 0 Å². The van der Waals surface area contributed by atoms with Gasteiger partial charge in [-0.1, -0.05) is 31.9 Å². The molecule has 42 heavy (non-hydrogen) atoms. The Morgan fingerprint density at radius 3 is 1.36 bits per heavy atom. The maximum Gasteiger partial charge on any atom is 0.327 e. The molecule has 2 amide bonds. The number of halogens is 4. The summed E-state index contributed by atoms with van der Waals surface area (Å²) in [6.45, 7) is 0. The molecule has 0 spiro atoms. The number of rotatable bonds is 2. The highest BCUT2D eigenvalue weighted by Gasteiger charge is 2.50. The summed E-state index contributed by atoms with van der Waals surface area (Å²) in [6.07, 6.45) is 3.43. The lowest BCUT2D eigenvalue weighted by molar-refractivity contribution is -0.673. The van der Waals surface area contributed by atoms with Crippen LogP contribution in [0.25, 0.3) is 0 Å². The van der Waals surface area contributed by atoms with Crippen molar-refractivity contribution >= 4 is 98.5 Å². The average Bonchev–Trinajstić information content (AvgIpc) is 3.39. The number of hydrogen-bond acceptors (Lipinski definition) is 4. The second-order valence-corrected chi connectivity index (χ2v) is 13.1. The number of fused-ring (bicyclic) bond motifs is 2. The highest BCUT2D eigenvalue weighted by atomic mass is 79.9. The molecule has 4 heterocycles. The first-order chi connectivity index (χ1) is 20.0. The summed E-state index contributed by atoms with van der Waals surface area (Å²) in [5.74, 6) is -2.23. The predicted octanol–water partition coefficient (Wildman–Crippen LogP) is 5.98. The SMILES string of the molecule is C[n+]1ccccc1C(=O)N1/C(=C2\C(=O)c3cc(Br)cc(Br)c3N2C(=O)c2cccc[n+]2C)C(=O)c2cc(Br)cc(Br)c21. The van der Waals surface area contributed by atoms with E-state index in [1.54, 1.807) is 96.3 Å². The van der Waals surface area contributed by atoms with Gasteiger partial charge >= 0.3 is 11.8 Å². The summed E-state index contributed by atoms with van der Waals surface area (Å²) in [7, 11) is 3.43. The minimum atomic E-state index is -0.569. The van der Waals surface area contributed by atoms with Gasteiger partial charge < -0.3 is 0 Å². The van der Waals surface area contributed by atoms with Crippen LogP contribution in [0.15, 0.2) is 102 Å². The van der Waals surface area contributed by atoms with Gasteiger partial charge in [-0.3, -0.25) is 29.0 Å². The highest BCUT2D eigenvalue weighted by molar-refractivity contribution is 9.11. The zero-order valence-electron chi connectivity index (χ0n) is 21.9. The molecule has 208 valence electrons. The Kier molecular flexibility index (Phi) is 7.37. The van der Waals surface area contributed by atoms with E-state index in [2.05, 4.69) is 63.7 Å². The molecule has 0 radical (unpaired) electrons. The van der Waals surface area contributed by atoms with Crippen LogP contribution in [0.1, 0.15) is 41.7 Å². The zero-order valence-corrected chi connectivity index (χ0v) is 28.2. The van der Waals surface area contributed by atoms with Crippen molar-refractivity contribution in [2.24, 2.45) is 14.1 Å². The Morgan fingerprint density at radius 2 is 1.00 bits per heavy atom. The molecule has 0 saturated carbocycles. The third-order valence-electron chi connectivity index (χ3n) is 7.05. The monoisotopic (exact) mass is 814 g/mol. The van der Waals surface area contributed by atoms with Gasteiger partial charge in [-0.2, -0.15) is 9.13 Å². The van der Waals surface area contributed by atoms with Gasteiger partial charge in [0.05, 0.1) is 22.5 Å². The third-order valence-corrected chi connectivity index (χ3v) is 9.17. The number of nitrogens with zero attached hydrogens (tertiary/aromatic N) is 4. The molecule has 2 aliphatic rings. The molecular formula is C30H18Br4N4O4+2. The van der Waals surface area contributed by atoms with Crippen LogP contribution in [-0.4, -0.2) is 23.4 Å². The summed E-state index contributed by atoms with van der Waals surface area (Å²) in [5.41, 5.74) is 1.07. The topological polar surface area (TPSA) is 82.5 Å². The molecule has 4 aromatic rings. The Morgan fingerprint density at radius 1 is 0.619 bits per heavy atom. The van der Waals surface area contributed by atoms with Gasteiger partial charge in [-0.25, -0.2) is 0 Å². The molecule has 0 fully saturated rings. The molecule has 0 unspecified atom stereocenters. The minimum absolute atomic E-state index is 0.201. The lowest BCUT2D eigenvalue weighted by Crippen LogP contribution is -2.45. The molecule has 0 aliphatic carbocycles. The Balaban J connectivity index is 1.70. The fourth-order valence-corrected chi connectivity index (χ4v) is 7.97. The van der Waals surface area contributed by atoms with Gasteiger partial charge in [0.1, 0.15) is 25.5 Å². The Hall–Kier alpha value is -3.32. The fraction of sp³-hybridized carbons (Fsp3) is 0.0667. The van der Waals surface area contributed by atoms with Gasteiger partial charge in [0, 0.05) is 42.2 Å². The van der Waals surface area contributed by atoms with E-state index in [9.17, 15) is 19.2 Å². The normalized spacial score (nSPS) is 15.8. The van der Waals surface area contributed by atoms with Crippen molar-refractivity contribution in [1.82, 2.24) is 0 Å². The van der Waals surface area contributed by atoms with Crippen molar-refractivity contribution in [3.8, 4) is 0 Å². The van der Waals surface area contributed by atoms with E-state index in [-0.39, 0.29) is 45.3 Å². The van der Waals surface area contributed by atoms with E-state index in [1.807, 2.05) is 0 Å². The summed E-state index contributed by atoms with van der Waals surface area (Å²) in [5, 5.41) is 0. The molecule has 0 saturated heterocycles. The molecule has 2 aromatic heterocycles. The Bertz CT molecular complexity index is 1820. The van der Waals surface area contributed by atoms with Crippen LogP contribution in [0.3, 0.4) is 0 Å². The number of pyridine rings is 2. The van der Waals surface area contributed by atoms with E-state index in [0.29, 0.717) is 17.9 Å². The number of carbonyl (C=O) groups excluding carboxylic acids is 4. The second-order valence-electron chi connectivity index (χ2n) is 9.60. The number of allylic oxidation sites excluding steroid dienone is 2. The number of aromatic nitrogens is 2. The molecule has 2 aromatic carbocycles. The number of hydrogen-bond donors (Lipinski definition) is 0.